The zero-order valence-electron chi connectivity index (χ0n) is 10.7. The van der Waals surface area contributed by atoms with Crippen LogP contribution in [0.15, 0.2) is 6.20 Å². The number of hydrogen-bond donors (Lipinski definition) is 2. The lowest BCUT2D eigenvalue weighted by atomic mass is 10.3. The van der Waals surface area contributed by atoms with Crippen LogP contribution in [0.3, 0.4) is 0 Å². The Morgan fingerprint density at radius 3 is 2.76 bits per heavy atom. The highest BCUT2D eigenvalue weighted by atomic mass is 32.1. The van der Waals surface area contributed by atoms with Crippen molar-refractivity contribution in [3.63, 3.8) is 0 Å². The predicted octanol–water partition coefficient (Wildman–Crippen LogP) is 0.624. The maximum Gasteiger partial charge on any atom is 0.166 e. The van der Waals surface area contributed by atoms with E-state index in [1.807, 2.05) is 20.9 Å². The molecule has 0 aliphatic carbocycles. The number of likely N-dealkylation sites (N-methyl/N-ethyl adjacent to an activating group) is 1. The fraction of sp³-hybridized carbons (Fsp3) is 0.545. The summed E-state index contributed by atoms with van der Waals surface area (Å²) < 4.78 is 0. The van der Waals surface area contributed by atoms with Crippen molar-refractivity contribution in [3.8, 4) is 0 Å². The van der Waals surface area contributed by atoms with Crippen molar-refractivity contribution in [2.75, 3.05) is 32.1 Å². The average Bonchev–Trinajstić information content (AvgIpc) is 2.28. The van der Waals surface area contributed by atoms with E-state index in [0.717, 1.165) is 30.3 Å². The van der Waals surface area contributed by atoms with Gasteiger partial charge in [-0.2, -0.15) is 0 Å². The second kappa shape index (κ2) is 6.34. The zero-order chi connectivity index (χ0) is 12.8. The Morgan fingerprint density at radius 1 is 1.47 bits per heavy atom. The maximum absolute atomic E-state index is 5.00. The van der Waals surface area contributed by atoms with Gasteiger partial charge in [0.2, 0.25) is 0 Å². The highest BCUT2D eigenvalue weighted by molar-refractivity contribution is 7.80. The van der Waals surface area contributed by atoms with Crippen molar-refractivity contribution >= 4 is 23.1 Å². The Hall–Kier alpha value is -1.43. The number of nitrogens with one attached hydrogen (secondary N) is 2. The molecule has 1 rings (SSSR count). The number of aromatic nitrogens is 2. The number of thiocarbonyl (C=S) groups is 1. The van der Waals surface area contributed by atoms with Gasteiger partial charge in [-0.15, -0.1) is 0 Å². The van der Waals surface area contributed by atoms with Crippen LogP contribution in [0.1, 0.15) is 11.4 Å². The van der Waals surface area contributed by atoms with Gasteiger partial charge < -0.3 is 15.5 Å². The molecule has 0 saturated carbocycles. The minimum Gasteiger partial charge on any atom is -0.366 e. The van der Waals surface area contributed by atoms with Gasteiger partial charge in [0.25, 0.3) is 0 Å². The fourth-order valence-electron chi connectivity index (χ4n) is 1.50. The molecular weight excluding hydrogens is 234 g/mol. The molecule has 0 aromatic carbocycles. The quantitative estimate of drug-likeness (QED) is 0.768. The van der Waals surface area contributed by atoms with E-state index in [-0.39, 0.29) is 0 Å². The van der Waals surface area contributed by atoms with Crippen molar-refractivity contribution in [1.82, 2.24) is 20.6 Å². The molecule has 0 aliphatic rings. The molecule has 0 fully saturated rings. The lowest BCUT2D eigenvalue weighted by Crippen LogP contribution is -2.38. The number of anilines is 1. The molecule has 6 heteroatoms. The van der Waals surface area contributed by atoms with Gasteiger partial charge in [0.1, 0.15) is 5.82 Å². The third-order valence-corrected chi connectivity index (χ3v) is 2.71. The second-order valence-electron chi connectivity index (χ2n) is 3.85. The first-order chi connectivity index (χ1) is 8.04. The highest BCUT2D eigenvalue weighted by Crippen LogP contribution is 2.12. The summed E-state index contributed by atoms with van der Waals surface area (Å²) in [6, 6.07) is 0. The van der Waals surface area contributed by atoms with Crippen molar-refractivity contribution in [1.29, 1.82) is 0 Å². The molecule has 1 aromatic heterocycles. The lowest BCUT2D eigenvalue weighted by molar-refractivity contribution is 0.796. The van der Waals surface area contributed by atoms with Gasteiger partial charge in [0.15, 0.2) is 5.11 Å². The number of aryl methyl sites for hydroxylation is 2. The normalized spacial score (nSPS) is 9.88. The molecule has 5 nitrogen and oxygen atoms in total. The monoisotopic (exact) mass is 253 g/mol. The molecule has 94 valence electrons. The third-order valence-electron chi connectivity index (χ3n) is 2.36. The third kappa shape index (κ3) is 4.14. The fourth-order valence-corrected chi connectivity index (χ4v) is 1.60. The van der Waals surface area contributed by atoms with Crippen LogP contribution in [0.4, 0.5) is 5.82 Å². The van der Waals surface area contributed by atoms with Crippen molar-refractivity contribution in [3.05, 3.63) is 17.6 Å². The van der Waals surface area contributed by atoms with Crippen LogP contribution in [0, 0.1) is 13.8 Å². The molecule has 0 saturated heterocycles. The largest absolute Gasteiger partial charge is 0.366 e. The van der Waals surface area contributed by atoms with Crippen molar-refractivity contribution in [2.45, 2.75) is 13.8 Å². The summed E-state index contributed by atoms with van der Waals surface area (Å²) in [5.41, 5.74) is 1.89. The van der Waals surface area contributed by atoms with Crippen LogP contribution in [0.25, 0.3) is 0 Å². The Kier molecular flexibility index (Phi) is 5.09. The molecule has 0 bridgehead atoms. The van der Waals surface area contributed by atoms with Crippen LogP contribution in [-0.2, 0) is 0 Å². The van der Waals surface area contributed by atoms with Crippen LogP contribution < -0.4 is 15.5 Å². The second-order valence-corrected chi connectivity index (χ2v) is 4.26. The number of hydrogen-bond acceptors (Lipinski definition) is 4. The molecule has 2 N–H and O–H groups in total. The standard InChI is InChI=1S/C11H19N5S/c1-8-7-14-10(9(2)15-8)16(4)6-5-13-11(17)12-3/h7H,5-6H2,1-4H3,(H2,12,13,17). The first-order valence-corrected chi connectivity index (χ1v) is 5.92. The molecule has 0 spiro atoms. The topological polar surface area (TPSA) is 53.1 Å². The molecule has 17 heavy (non-hydrogen) atoms. The molecule has 0 unspecified atom stereocenters. The summed E-state index contributed by atoms with van der Waals surface area (Å²) in [7, 11) is 3.80. The van der Waals surface area contributed by atoms with Gasteiger partial charge in [-0.1, -0.05) is 0 Å². The van der Waals surface area contributed by atoms with Gasteiger partial charge in [-0.25, -0.2) is 4.98 Å². The highest BCUT2D eigenvalue weighted by Gasteiger charge is 2.07. The zero-order valence-corrected chi connectivity index (χ0v) is 11.6. The summed E-state index contributed by atoms with van der Waals surface area (Å²) in [5.74, 6) is 0.910. The molecule has 0 aliphatic heterocycles. The van der Waals surface area contributed by atoms with E-state index < -0.39 is 0 Å². The molecule has 1 heterocycles. The summed E-state index contributed by atoms with van der Waals surface area (Å²) in [4.78, 5) is 10.8. The van der Waals surface area contributed by atoms with Gasteiger partial charge >= 0.3 is 0 Å². The van der Waals surface area contributed by atoms with E-state index >= 15 is 0 Å². The van der Waals surface area contributed by atoms with Crippen molar-refractivity contribution in [2.24, 2.45) is 0 Å². The van der Waals surface area contributed by atoms with E-state index in [9.17, 15) is 0 Å². The number of nitrogens with zero attached hydrogens (tertiary/aromatic N) is 3. The Morgan fingerprint density at radius 2 is 2.18 bits per heavy atom. The molecule has 0 radical (unpaired) electrons. The first-order valence-electron chi connectivity index (χ1n) is 5.51. The average molecular weight is 253 g/mol. The minimum absolute atomic E-state index is 0.658. The van der Waals surface area contributed by atoms with Gasteiger partial charge in [0.05, 0.1) is 17.6 Å². The van der Waals surface area contributed by atoms with E-state index in [1.54, 1.807) is 13.2 Å². The van der Waals surface area contributed by atoms with E-state index in [1.165, 1.54) is 0 Å². The van der Waals surface area contributed by atoms with E-state index in [0.29, 0.717) is 5.11 Å². The summed E-state index contributed by atoms with van der Waals surface area (Å²) >= 11 is 5.00. The van der Waals surface area contributed by atoms with Crippen LogP contribution in [0.5, 0.6) is 0 Å². The summed E-state index contributed by atoms with van der Waals surface area (Å²) in [6.45, 7) is 5.50. The van der Waals surface area contributed by atoms with Gasteiger partial charge in [0, 0.05) is 27.2 Å². The van der Waals surface area contributed by atoms with Crippen LogP contribution in [-0.4, -0.2) is 42.3 Å². The molecule has 1 aromatic rings. The van der Waals surface area contributed by atoms with Crippen molar-refractivity contribution < 1.29 is 0 Å². The van der Waals surface area contributed by atoms with E-state index in [2.05, 4.69) is 25.5 Å². The first kappa shape index (κ1) is 13.6. The predicted molar refractivity (Wildman–Crippen MR) is 74.4 cm³/mol. The van der Waals surface area contributed by atoms with Gasteiger partial charge in [-0.05, 0) is 26.1 Å². The minimum atomic E-state index is 0.658. The summed E-state index contributed by atoms with van der Waals surface area (Å²) in [6.07, 6.45) is 1.78. The number of rotatable bonds is 4. The SMILES string of the molecule is CNC(=S)NCCN(C)c1ncc(C)nc1C. The Bertz CT molecular complexity index is 393. The van der Waals surface area contributed by atoms with E-state index in [4.69, 9.17) is 12.2 Å². The van der Waals surface area contributed by atoms with Gasteiger partial charge in [-0.3, -0.25) is 4.98 Å². The molecular formula is C11H19N5S. The smallest absolute Gasteiger partial charge is 0.166 e. The van der Waals surface area contributed by atoms with Crippen LogP contribution >= 0.6 is 12.2 Å². The molecule has 0 atom stereocenters. The summed E-state index contributed by atoms with van der Waals surface area (Å²) in [5, 5.41) is 6.62. The molecule has 0 amide bonds. The van der Waals surface area contributed by atoms with Crippen LogP contribution in [0.2, 0.25) is 0 Å². The Labute approximate surface area is 108 Å². The Balaban J connectivity index is 2.52. The maximum atomic E-state index is 5.00. The lowest BCUT2D eigenvalue weighted by Gasteiger charge is -2.20.